The van der Waals surface area contributed by atoms with Crippen molar-refractivity contribution in [2.75, 3.05) is 5.32 Å². The average molecular weight is 448 g/mol. The normalized spacial score (nSPS) is 10.9. The molecule has 2 heterocycles. The molecule has 0 radical (unpaired) electrons. The van der Waals surface area contributed by atoms with Gasteiger partial charge in [-0.05, 0) is 57.0 Å². The Morgan fingerprint density at radius 3 is 2.64 bits per heavy atom. The lowest BCUT2D eigenvalue weighted by Gasteiger charge is -2.08. The third-order valence-electron chi connectivity index (χ3n) is 5.56. The highest BCUT2D eigenvalue weighted by Gasteiger charge is 2.22. The van der Waals surface area contributed by atoms with Crippen LogP contribution in [0.25, 0.3) is 0 Å². The number of ether oxygens (including phenoxy) is 1. The van der Waals surface area contributed by atoms with E-state index in [-0.39, 0.29) is 24.7 Å². The van der Waals surface area contributed by atoms with Crippen LogP contribution in [-0.2, 0) is 13.2 Å². The topological polar surface area (TPSA) is 82.2 Å². The molecule has 7 nitrogen and oxygen atoms in total. The van der Waals surface area contributed by atoms with E-state index >= 15 is 0 Å². The van der Waals surface area contributed by atoms with Crippen LogP contribution in [0.15, 0.2) is 53.1 Å². The summed E-state index contributed by atoms with van der Waals surface area (Å²) >= 11 is 0. The molecule has 0 atom stereocenters. The van der Waals surface area contributed by atoms with Crippen molar-refractivity contribution in [3.05, 3.63) is 93.8 Å². The number of halogens is 1. The molecule has 170 valence electrons. The molecular formula is C25H25FN4O3. The number of anilines is 1. The molecule has 4 rings (SSSR count). The summed E-state index contributed by atoms with van der Waals surface area (Å²) in [5, 5.41) is 11.0. The van der Waals surface area contributed by atoms with Crippen molar-refractivity contribution >= 4 is 11.7 Å². The van der Waals surface area contributed by atoms with E-state index in [4.69, 9.17) is 9.26 Å². The average Bonchev–Trinajstić information content (AvgIpc) is 3.32. The molecule has 0 fully saturated rings. The SMILES string of the molecule is Cc1ccc(OCc2c(C(=O)Nc3cc(C)n(Cc4ccccc4F)n3)noc2C)cc1C. The first kappa shape index (κ1) is 22.3. The number of nitrogens with one attached hydrogen (secondary N) is 1. The molecule has 0 aliphatic rings. The van der Waals surface area contributed by atoms with Crippen molar-refractivity contribution in [2.24, 2.45) is 0 Å². The molecule has 0 aliphatic carbocycles. The molecule has 2 aromatic carbocycles. The number of carbonyl (C=O) groups excluding carboxylic acids is 1. The maximum atomic E-state index is 14.0. The zero-order chi connectivity index (χ0) is 23.5. The van der Waals surface area contributed by atoms with E-state index in [2.05, 4.69) is 15.6 Å². The van der Waals surface area contributed by atoms with Gasteiger partial charge in [0.2, 0.25) is 0 Å². The van der Waals surface area contributed by atoms with Crippen LogP contribution in [0, 0.1) is 33.5 Å². The van der Waals surface area contributed by atoms with Gasteiger partial charge in [0.1, 0.15) is 23.9 Å². The molecule has 1 N–H and O–H groups in total. The van der Waals surface area contributed by atoms with Crippen LogP contribution in [0.4, 0.5) is 10.2 Å². The maximum absolute atomic E-state index is 14.0. The number of hydrogen-bond donors (Lipinski definition) is 1. The predicted molar refractivity (Wildman–Crippen MR) is 122 cm³/mol. The molecule has 0 saturated carbocycles. The summed E-state index contributed by atoms with van der Waals surface area (Å²) in [6.07, 6.45) is 0. The molecule has 0 unspecified atom stereocenters. The van der Waals surface area contributed by atoms with Crippen LogP contribution >= 0.6 is 0 Å². The maximum Gasteiger partial charge on any atom is 0.279 e. The molecule has 8 heteroatoms. The number of aromatic nitrogens is 3. The summed E-state index contributed by atoms with van der Waals surface area (Å²) < 4.78 is 26.7. The first-order chi connectivity index (χ1) is 15.8. The van der Waals surface area contributed by atoms with Crippen molar-refractivity contribution < 1.29 is 18.4 Å². The molecule has 0 saturated heterocycles. The Labute approximate surface area is 191 Å². The second kappa shape index (κ2) is 9.28. The number of hydrogen-bond acceptors (Lipinski definition) is 5. The summed E-state index contributed by atoms with van der Waals surface area (Å²) in [7, 11) is 0. The fraction of sp³-hybridized carbons (Fsp3) is 0.240. The number of benzene rings is 2. The number of nitrogens with zero attached hydrogens (tertiary/aromatic N) is 3. The van der Waals surface area contributed by atoms with Crippen molar-refractivity contribution in [1.29, 1.82) is 0 Å². The van der Waals surface area contributed by atoms with E-state index in [0.717, 1.165) is 11.3 Å². The zero-order valence-electron chi connectivity index (χ0n) is 19.0. The van der Waals surface area contributed by atoms with Gasteiger partial charge in [0.15, 0.2) is 11.5 Å². The van der Waals surface area contributed by atoms with E-state index in [1.54, 1.807) is 35.9 Å². The molecular weight excluding hydrogens is 423 g/mol. The fourth-order valence-electron chi connectivity index (χ4n) is 3.39. The first-order valence-electron chi connectivity index (χ1n) is 10.6. The van der Waals surface area contributed by atoms with Crippen molar-refractivity contribution in [2.45, 2.75) is 40.8 Å². The lowest BCUT2D eigenvalue weighted by Crippen LogP contribution is -2.16. The number of amides is 1. The van der Waals surface area contributed by atoms with Crippen LogP contribution in [0.3, 0.4) is 0 Å². The third kappa shape index (κ3) is 4.95. The summed E-state index contributed by atoms with van der Waals surface area (Å²) in [6, 6.07) is 14.1. The van der Waals surface area contributed by atoms with Crippen LogP contribution in [0.1, 0.15) is 44.2 Å². The lowest BCUT2D eigenvalue weighted by molar-refractivity contribution is 0.101. The highest BCUT2D eigenvalue weighted by molar-refractivity contribution is 6.03. The largest absolute Gasteiger partial charge is 0.489 e. The van der Waals surface area contributed by atoms with Gasteiger partial charge in [-0.15, -0.1) is 0 Å². The van der Waals surface area contributed by atoms with E-state index in [1.807, 2.05) is 39.0 Å². The van der Waals surface area contributed by atoms with E-state index < -0.39 is 5.91 Å². The predicted octanol–water partition coefficient (Wildman–Crippen LogP) is 5.12. The Balaban J connectivity index is 1.47. The van der Waals surface area contributed by atoms with Gasteiger partial charge in [0.05, 0.1) is 12.1 Å². The molecule has 1 amide bonds. The lowest BCUT2D eigenvalue weighted by atomic mass is 10.1. The highest BCUT2D eigenvalue weighted by atomic mass is 19.1. The Bertz CT molecular complexity index is 1310. The van der Waals surface area contributed by atoms with Crippen LogP contribution in [-0.4, -0.2) is 20.8 Å². The first-order valence-corrected chi connectivity index (χ1v) is 10.6. The Kier molecular flexibility index (Phi) is 6.26. The zero-order valence-corrected chi connectivity index (χ0v) is 19.0. The Hall–Kier alpha value is -3.94. The Morgan fingerprint density at radius 2 is 1.88 bits per heavy atom. The number of rotatable bonds is 7. The van der Waals surface area contributed by atoms with E-state index in [1.165, 1.54) is 11.6 Å². The number of aryl methyl sites for hydroxylation is 4. The molecule has 0 bridgehead atoms. The third-order valence-corrected chi connectivity index (χ3v) is 5.56. The minimum absolute atomic E-state index is 0.137. The molecule has 33 heavy (non-hydrogen) atoms. The van der Waals surface area contributed by atoms with Gasteiger partial charge in [0, 0.05) is 17.3 Å². The van der Waals surface area contributed by atoms with Crippen LogP contribution in [0.5, 0.6) is 5.75 Å². The minimum atomic E-state index is -0.457. The van der Waals surface area contributed by atoms with Gasteiger partial charge < -0.3 is 14.6 Å². The quantitative estimate of drug-likeness (QED) is 0.424. The van der Waals surface area contributed by atoms with Crippen molar-refractivity contribution in [3.8, 4) is 5.75 Å². The van der Waals surface area contributed by atoms with Crippen molar-refractivity contribution in [1.82, 2.24) is 14.9 Å². The van der Waals surface area contributed by atoms with Gasteiger partial charge in [-0.25, -0.2) is 4.39 Å². The van der Waals surface area contributed by atoms with Crippen LogP contribution < -0.4 is 10.1 Å². The summed E-state index contributed by atoms with van der Waals surface area (Å²) in [5.74, 6) is 0.791. The van der Waals surface area contributed by atoms with Gasteiger partial charge in [0.25, 0.3) is 5.91 Å². The summed E-state index contributed by atoms with van der Waals surface area (Å²) in [6.45, 7) is 8.01. The van der Waals surface area contributed by atoms with Gasteiger partial charge in [-0.2, -0.15) is 5.10 Å². The van der Waals surface area contributed by atoms with Gasteiger partial charge in [-0.1, -0.05) is 29.4 Å². The standard InChI is InChI=1S/C25H25FN4O3/c1-15-9-10-20(11-16(15)2)32-14-21-18(4)33-29-24(21)25(31)27-23-12-17(3)30(28-23)13-19-7-5-6-8-22(19)26/h5-12H,13-14H2,1-4H3,(H,27,28,31). The van der Waals surface area contributed by atoms with E-state index in [0.29, 0.717) is 28.5 Å². The molecule has 2 aromatic heterocycles. The van der Waals surface area contributed by atoms with Crippen LogP contribution in [0.2, 0.25) is 0 Å². The summed E-state index contributed by atoms with van der Waals surface area (Å²) in [5.41, 5.74) is 4.29. The van der Waals surface area contributed by atoms with Gasteiger partial charge in [-0.3, -0.25) is 9.48 Å². The molecule has 4 aromatic rings. The second-order valence-corrected chi connectivity index (χ2v) is 7.97. The number of carbonyl (C=O) groups is 1. The van der Waals surface area contributed by atoms with E-state index in [9.17, 15) is 9.18 Å². The Morgan fingerprint density at radius 1 is 1.09 bits per heavy atom. The molecule has 0 aliphatic heterocycles. The molecule has 0 spiro atoms. The monoisotopic (exact) mass is 448 g/mol. The fourth-order valence-corrected chi connectivity index (χ4v) is 3.39. The van der Waals surface area contributed by atoms with Gasteiger partial charge >= 0.3 is 0 Å². The highest BCUT2D eigenvalue weighted by Crippen LogP contribution is 2.21. The minimum Gasteiger partial charge on any atom is -0.489 e. The smallest absolute Gasteiger partial charge is 0.279 e. The second-order valence-electron chi connectivity index (χ2n) is 7.97. The summed E-state index contributed by atoms with van der Waals surface area (Å²) in [4.78, 5) is 12.9. The van der Waals surface area contributed by atoms with Crippen molar-refractivity contribution in [3.63, 3.8) is 0 Å².